The summed E-state index contributed by atoms with van der Waals surface area (Å²) in [7, 11) is 0. The summed E-state index contributed by atoms with van der Waals surface area (Å²) in [6, 6.07) is 5.20. The summed E-state index contributed by atoms with van der Waals surface area (Å²) in [4.78, 5) is 21.4. The first-order valence-corrected chi connectivity index (χ1v) is 10.7. The fourth-order valence-corrected chi connectivity index (χ4v) is 3.58. The number of aliphatic hydroxyl groups is 1. The van der Waals surface area contributed by atoms with Crippen LogP contribution in [0.2, 0.25) is 5.02 Å². The summed E-state index contributed by atoms with van der Waals surface area (Å²) in [5.74, 6) is -0.154. The van der Waals surface area contributed by atoms with Gasteiger partial charge in [0.05, 0.1) is 29.1 Å². The molecule has 1 aromatic carbocycles. The highest BCUT2D eigenvalue weighted by Crippen LogP contribution is 2.22. The lowest BCUT2D eigenvalue weighted by Gasteiger charge is -2.24. The summed E-state index contributed by atoms with van der Waals surface area (Å²) < 4.78 is 20.5. The van der Waals surface area contributed by atoms with Crippen molar-refractivity contribution in [3.05, 3.63) is 87.6 Å². The highest BCUT2D eigenvalue weighted by molar-refractivity contribution is 6.30. The van der Waals surface area contributed by atoms with Crippen LogP contribution in [0.5, 0.6) is 0 Å². The van der Waals surface area contributed by atoms with Gasteiger partial charge in [0.15, 0.2) is 0 Å². The number of halogens is 2. The van der Waals surface area contributed by atoms with Gasteiger partial charge in [-0.15, -0.1) is 0 Å². The number of allylic oxidation sites excluding steroid dienone is 2. The van der Waals surface area contributed by atoms with Gasteiger partial charge in [0.1, 0.15) is 11.6 Å². The minimum atomic E-state index is -0.803. The van der Waals surface area contributed by atoms with Crippen LogP contribution in [-0.2, 0) is 4.74 Å². The zero-order chi connectivity index (χ0) is 23.1. The third-order valence-corrected chi connectivity index (χ3v) is 5.41. The standard InChI is InChI=1S/C23H26ClFN4O3/c1-3-4-20(27-15(2)26-17-8-11-32-12-9-17)21-7-10-29(23(31)28-21)22(14-30)16-5-6-18(24)19(25)13-16/h3-7,10,13,17,22,26,30H,2,8-9,11-12,14H2,1H3/b4-3-,27-20?. The fourth-order valence-electron chi connectivity index (χ4n) is 3.46. The van der Waals surface area contributed by atoms with Crippen molar-refractivity contribution in [2.24, 2.45) is 4.99 Å². The largest absolute Gasteiger partial charge is 0.394 e. The van der Waals surface area contributed by atoms with Crippen LogP contribution in [0.4, 0.5) is 4.39 Å². The lowest BCUT2D eigenvalue weighted by atomic mass is 10.1. The average Bonchev–Trinajstić information content (AvgIpc) is 2.78. The van der Waals surface area contributed by atoms with Crippen LogP contribution in [0.15, 0.2) is 64.8 Å². The van der Waals surface area contributed by atoms with Crippen molar-refractivity contribution < 1.29 is 14.2 Å². The summed E-state index contributed by atoms with van der Waals surface area (Å²) in [6.07, 6.45) is 6.78. The maximum absolute atomic E-state index is 13.9. The number of aliphatic imine (C=N–C) groups is 1. The zero-order valence-electron chi connectivity index (χ0n) is 17.8. The van der Waals surface area contributed by atoms with Gasteiger partial charge >= 0.3 is 5.69 Å². The second-order valence-corrected chi connectivity index (χ2v) is 7.76. The molecular formula is C23H26ClFN4O3. The summed E-state index contributed by atoms with van der Waals surface area (Å²) in [6.45, 7) is 6.78. The first-order valence-electron chi connectivity index (χ1n) is 10.3. The van der Waals surface area contributed by atoms with Crippen LogP contribution >= 0.6 is 11.6 Å². The first kappa shape index (κ1) is 23.8. The molecule has 7 nitrogen and oxygen atoms in total. The van der Waals surface area contributed by atoms with Gasteiger partial charge < -0.3 is 15.2 Å². The van der Waals surface area contributed by atoms with Gasteiger partial charge in [-0.2, -0.15) is 4.98 Å². The Bertz CT molecular complexity index is 1080. The number of aliphatic hydroxyl groups excluding tert-OH is 1. The van der Waals surface area contributed by atoms with E-state index < -0.39 is 24.2 Å². The maximum Gasteiger partial charge on any atom is 0.348 e. The monoisotopic (exact) mass is 460 g/mol. The van der Waals surface area contributed by atoms with Gasteiger partial charge in [0, 0.05) is 25.5 Å². The first-order chi connectivity index (χ1) is 15.4. The minimum absolute atomic E-state index is 0.0342. The number of nitrogens with one attached hydrogen (secondary N) is 1. The Kier molecular flexibility index (Phi) is 8.33. The van der Waals surface area contributed by atoms with Crippen molar-refractivity contribution in [1.82, 2.24) is 14.9 Å². The highest BCUT2D eigenvalue weighted by Gasteiger charge is 2.18. The molecular weight excluding hydrogens is 435 g/mol. The molecule has 0 spiro atoms. The number of hydrogen-bond donors (Lipinski definition) is 2. The van der Waals surface area contributed by atoms with Gasteiger partial charge in [0.25, 0.3) is 0 Å². The number of nitrogens with zero attached hydrogens (tertiary/aromatic N) is 3. The van der Waals surface area contributed by atoms with Crippen LogP contribution in [-0.4, -0.2) is 46.2 Å². The normalized spacial score (nSPS) is 16.3. The Morgan fingerprint density at radius 3 is 2.84 bits per heavy atom. The lowest BCUT2D eigenvalue weighted by molar-refractivity contribution is 0.0803. The molecule has 1 fully saturated rings. The Labute approximate surface area is 190 Å². The van der Waals surface area contributed by atoms with E-state index in [1.165, 1.54) is 22.9 Å². The van der Waals surface area contributed by atoms with E-state index >= 15 is 0 Å². The number of benzene rings is 1. The molecule has 2 aromatic rings. The molecule has 1 saturated heterocycles. The third-order valence-electron chi connectivity index (χ3n) is 5.10. The molecule has 0 saturated carbocycles. The molecule has 0 aliphatic carbocycles. The minimum Gasteiger partial charge on any atom is -0.394 e. The molecule has 0 amide bonds. The van der Waals surface area contributed by atoms with E-state index in [9.17, 15) is 14.3 Å². The van der Waals surface area contributed by atoms with Crippen molar-refractivity contribution in [2.45, 2.75) is 31.8 Å². The predicted molar refractivity (Wildman–Crippen MR) is 123 cm³/mol. The Balaban J connectivity index is 1.86. The van der Waals surface area contributed by atoms with Crippen LogP contribution < -0.4 is 11.0 Å². The molecule has 170 valence electrons. The van der Waals surface area contributed by atoms with Crippen molar-refractivity contribution in [2.75, 3.05) is 19.8 Å². The second kappa shape index (κ2) is 11.2. The molecule has 1 unspecified atom stereocenters. The SMILES string of the molecule is C=C(N=C(/C=C\C)c1ccn(C(CO)c2ccc(Cl)c(F)c2)c(=O)n1)NC1CCOCC1. The van der Waals surface area contributed by atoms with Crippen LogP contribution in [0.1, 0.15) is 37.1 Å². The predicted octanol–water partition coefficient (Wildman–Crippen LogP) is 3.22. The molecule has 2 N–H and O–H groups in total. The Hall–Kier alpha value is -2.81. The molecule has 32 heavy (non-hydrogen) atoms. The van der Waals surface area contributed by atoms with Crippen molar-refractivity contribution in [3.63, 3.8) is 0 Å². The van der Waals surface area contributed by atoms with Crippen LogP contribution in [0.25, 0.3) is 0 Å². The Morgan fingerprint density at radius 1 is 1.47 bits per heavy atom. The second-order valence-electron chi connectivity index (χ2n) is 7.35. The number of aromatic nitrogens is 2. The molecule has 1 aliphatic rings. The topological polar surface area (TPSA) is 88.7 Å². The van der Waals surface area contributed by atoms with E-state index in [-0.39, 0.29) is 11.1 Å². The molecule has 1 atom stereocenters. The van der Waals surface area contributed by atoms with E-state index in [2.05, 4.69) is 21.9 Å². The van der Waals surface area contributed by atoms with Gasteiger partial charge in [-0.05, 0) is 49.6 Å². The van der Waals surface area contributed by atoms with Crippen molar-refractivity contribution in [3.8, 4) is 0 Å². The summed E-state index contributed by atoms with van der Waals surface area (Å²) in [5, 5.41) is 13.1. The molecule has 1 aromatic heterocycles. The fraction of sp³-hybridized carbons (Fsp3) is 0.348. The molecule has 2 heterocycles. The van der Waals surface area contributed by atoms with E-state index in [0.717, 1.165) is 12.8 Å². The third kappa shape index (κ3) is 5.91. The van der Waals surface area contributed by atoms with E-state index in [4.69, 9.17) is 16.3 Å². The quantitative estimate of drug-likeness (QED) is 0.590. The van der Waals surface area contributed by atoms with Gasteiger partial charge in [-0.1, -0.05) is 30.3 Å². The molecule has 0 radical (unpaired) electrons. The lowest BCUT2D eigenvalue weighted by Crippen LogP contribution is -2.34. The molecule has 9 heteroatoms. The summed E-state index contributed by atoms with van der Waals surface area (Å²) in [5.41, 5.74) is 0.636. The maximum atomic E-state index is 13.9. The highest BCUT2D eigenvalue weighted by atomic mass is 35.5. The Morgan fingerprint density at radius 2 is 2.22 bits per heavy atom. The summed E-state index contributed by atoms with van der Waals surface area (Å²) >= 11 is 5.74. The zero-order valence-corrected chi connectivity index (χ0v) is 18.6. The van der Waals surface area contributed by atoms with Gasteiger partial charge in [0.2, 0.25) is 0 Å². The number of ether oxygens (including phenoxy) is 1. The van der Waals surface area contributed by atoms with Crippen LogP contribution in [0.3, 0.4) is 0 Å². The van der Waals surface area contributed by atoms with E-state index in [1.807, 2.05) is 6.92 Å². The van der Waals surface area contributed by atoms with E-state index in [1.54, 1.807) is 24.3 Å². The molecule has 1 aliphatic heterocycles. The molecule has 0 bridgehead atoms. The van der Waals surface area contributed by atoms with Crippen LogP contribution in [0, 0.1) is 5.82 Å². The average molecular weight is 461 g/mol. The smallest absolute Gasteiger partial charge is 0.348 e. The van der Waals surface area contributed by atoms with E-state index in [0.29, 0.717) is 36.0 Å². The molecule has 3 rings (SSSR count). The van der Waals surface area contributed by atoms with Crippen molar-refractivity contribution in [1.29, 1.82) is 0 Å². The van der Waals surface area contributed by atoms with Crippen molar-refractivity contribution >= 4 is 17.3 Å². The van der Waals surface area contributed by atoms with Gasteiger partial charge in [-0.3, -0.25) is 4.57 Å². The number of rotatable bonds is 8. The van der Waals surface area contributed by atoms with Gasteiger partial charge in [-0.25, -0.2) is 14.2 Å². The number of hydrogen-bond acceptors (Lipinski definition) is 6.